The maximum Gasteiger partial charge on any atom is 0.405 e. The molecule has 3 nitrogen and oxygen atoms in total. The van der Waals surface area contributed by atoms with E-state index in [4.69, 9.17) is 5.73 Å². The molecule has 3 rings (SSSR count). The molecule has 1 fully saturated rings. The van der Waals surface area contributed by atoms with Crippen molar-refractivity contribution in [1.29, 1.82) is 0 Å². The molecule has 2 N–H and O–H groups in total. The predicted molar refractivity (Wildman–Crippen MR) is 80.3 cm³/mol. The Kier molecular flexibility index (Phi) is 3.47. The van der Waals surface area contributed by atoms with E-state index in [1.54, 1.807) is 24.4 Å². The van der Waals surface area contributed by atoms with E-state index in [0.717, 1.165) is 17.3 Å². The van der Waals surface area contributed by atoms with Crippen LogP contribution >= 0.6 is 15.9 Å². The number of nitrogen functional groups attached to an aromatic ring is 1. The quantitative estimate of drug-likeness (QED) is 0.838. The average Bonchev–Trinajstić information content (AvgIpc) is 3.21. The van der Waals surface area contributed by atoms with Crippen molar-refractivity contribution >= 4 is 38.2 Å². The summed E-state index contributed by atoms with van der Waals surface area (Å²) in [5, 5.41) is 0.662. The number of pyridine rings is 1. The fraction of sp³-hybridized carbons (Fsp3) is 0.357. The standard InChI is InChI=1S/C14H13BrF3N3/c15-8-5-10-11(19)3-4-12(13(10)20-6-8)21(9-1-2-9)7-14(16,17)18/h3-6,9H,1-2,7,19H2. The Hall–Kier alpha value is -1.50. The van der Waals surface area contributed by atoms with Gasteiger partial charge in [-0.25, -0.2) is 0 Å². The van der Waals surface area contributed by atoms with E-state index in [0.29, 0.717) is 22.3 Å². The van der Waals surface area contributed by atoms with Crippen molar-refractivity contribution in [3.05, 3.63) is 28.9 Å². The van der Waals surface area contributed by atoms with Gasteiger partial charge in [0.15, 0.2) is 0 Å². The molecule has 7 heteroatoms. The van der Waals surface area contributed by atoms with Crippen molar-refractivity contribution in [2.75, 3.05) is 17.2 Å². The Morgan fingerprint density at radius 2 is 2.05 bits per heavy atom. The van der Waals surface area contributed by atoms with E-state index in [1.807, 2.05) is 0 Å². The number of benzene rings is 1. The molecule has 0 spiro atoms. The number of nitrogens with zero attached hydrogens (tertiary/aromatic N) is 2. The minimum atomic E-state index is -4.24. The largest absolute Gasteiger partial charge is 0.405 e. The van der Waals surface area contributed by atoms with E-state index >= 15 is 0 Å². The molecule has 0 amide bonds. The van der Waals surface area contributed by atoms with E-state index in [2.05, 4.69) is 20.9 Å². The second kappa shape index (κ2) is 5.05. The number of aromatic nitrogens is 1. The van der Waals surface area contributed by atoms with Crippen LogP contribution in [0.25, 0.3) is 10.9 Å². The van der Waals surface area contributed by atoms with Gasteiger partial charge in [-0.15, -0.1) is 0 Å². The molecule has 112 valence electrons. The van der Waals surface area contributed by atoms with Gasteiger partial charge in [-0.05, 0) is 47.0 Å². The maximum absolute atomic E-state index is 12.8. The Labute approximate surface area is 128 Å². The zero-order chi connectivity index (χ0) is 15.2. The third kappa shape index (κ3) is 3.07. The molecule has 0 saturated heterocycles. The molecule has 0 unspecified atom stereocenters. The molecular weight excluding hydrogens is 347 g/mol. The van der Waals surface area contributed by atoms with Crippen LogP contribution in [-0.2, 0) is 0 Å². The number of nitrogens with two attached hydrogens (primary N) is 1. The number of hydrogen-bond acceptors (Lipinski definition) is 3. The maximum atomic E-state index is 12.8. The van der Waals surface area contributed by atoms with Gasteiger partial charge in [-0.1, -0.05) is 0 Å². The molecule has 2 aromatic rings. The average molecular weight is 360 g/mol. The van der Waals surface area contributed by atoms with E-state index in [1.165, 1.54) is 4.90 Å². The zero-order valence-electron chi connectivity index (χ0n) is 11.0. The van der Waals surface area contributed by atoms with Crippen molar-refractivity contribution in [3.8, 4) is 0 Å². The van der Waals surface area contributed by atoms with Gasteiger partial charge in [0, 0.05) is 27.8 Å². The number of hydrogen-bond donors (Lipinski definition) is 1. The van der Waals surface area contributed by atoms with E-state index in [9.17, 15) is 13.2 Å². The Bertz CT molecular complexity index is 683. The Balaban J connectivity index is 2.11. The molecule has 0 atom stereocenters. The van der Waals surface area contributed by atoms with Gasteiger partial charge in [0.1, 0.15) is 6.54 Å². The number of rotatable bonds is 3. The van der Waals surface area contributed by atoms with Gasteiger partial charge in [-0.2, -0.15) is 13.2 Å². The van der Waals surface area contributed by atoms with Crippen LogP contribution in [0.1, 0.15) is 12.8 Å². The summed E-state index contributed by atoms with van der Waals surface area (Å²) in [5.74, 6) is 0. The summed E-state index contributed by atoms with van der Waals surface area (Å²) in [6.07, 6.45) is -1.12. The first-order chi connectivity index (χ1) is 9.85. The molecule has 0 aliphatic heterocycles. The highest BCUT2D eigenvalue weighted by Gasteiger charge is 2.39. The van der Waals surface area contributed by atoms with Crippen molar-refractivity contribution in [3.63, 3.8) is 0 Å². The van der Waals surface area contributed by atoms with Crippen molar-refractivity contribution < 1.29 is 13.2 Å². The summed E-state index contributed by atoms with van der Waals surface area (Å²) in [7, 11) is 0. The first-order valence-electron chi connectivity index (χ1n) is 6.52. The van der Waals surface area contributed by atoms with Crippen LogP contribution in [0, 0.1) is 0 Å². The molecule has 1 aromatic heterocycles. The Morgan fingerprint density at radius 1 is 1.33 bits per heavy atom. The van der Waals surface area contributed by atoms with Gasteiger partial charge >= 0.3 is 6.18 Å². The monoisotopic (exact) mass is 359 g/mol. The lowest BCUT2D eigenvalue weighted by atomic mass is 10.1. The molecule has 1 heterocycles. The fourth-order valence-electron chi connectivity index (χ4n) is 2.42. The van der Waals surface area contributed by atoms with Crippen LogP contribution in [0.5, 0.6) is 0 Å². The molecule has 1 aliphatic rings. The highest BCUT2D eigenvalue weighted by atomic mass is 79.9. The van der Waals surface area contributed by atoms with Gasteiger partial charge in [-0.3, -0.25) is 4.98 Å². The Morgan fingerprint density at radius 3 is 2.67 bits per heavy atom. The SMILES string of the molecule is Nc1ccc(N(CC(F)(F)F)C2CC2)c2ncc(Br)cc12. The van der Waals surface area contributed by atoms with Crippen LogP contribution in [0.15, 0.2) is 28.9 Å². The first kappa shape index (κ1) is 14.4. The van der Waals surface area contributed by atoms with Gasteiger partial charge < -0.3 is 10.6 Å². The van der Waals surface area contributed by atoms with Crippen molar-refractivity contribution in [2.24, 2.45) is 0 Å². The highest BCUT2D eigenvalue weighted by molar-refractivity contribution is 9.10. The molecule has 1 saturated carbocycles. The lowest BCUT2D eigenvalue weighted by Gasteiger charge is -2.27. The molecular formula is C14H13BrF3N3. The second-order valence-corrected chi connectivity index (χ2v) is 6.11. The van der Waals surface area contributed by atoms with Gasteiger partial charge in [0.05, 0.1) is 11.2 Å². The number of fused-ring (bicyclic) bond motifs is 1. The summed E-state index contributed by atoms with van der Waals surface area (Å²) < 4.78 is 39.2. The van der Waals surface area contributed by atoms with Crippen molar-refractivity contribution in [2.45, 2.75) is 25.1 Å². The van der Waals surface area contributed by atoms with E-state index in [-0.39, 0.29) is 6.04 Å². The van der Waals surface area contributed by atoms with Crippen LogP contribution in [0.4, 0.5) is 24.5 Å². The topological polar surface area (TPSA) is 42.1 Å². The minimum Gasteiger partial charge on any atom is -0.398 e. The summed E-state index contributed by atoms with van der Waals surface area (Å²) in [6.45, 7) is -0.964. The first-order valence-corrected chi connectivity index (χ1v) is 7.31. The summed E-state index contributed by atoms with van der Waals surface area (Å²) >= 11 is 3.31. The smallest absolute Gasteiger partial charge is 0.398 e. The molecule has 21 heavy (non-hydrogen) atoms. The molecule has 1 aliphatic carbocycles. The van der Waals surface area contributed by atoms with Crippen LogP contribution in [-0.4, -0.2) is 23.7 Å². The highest BCUT2D eigenvalue weighted by Crippen LogP contribution is 2.39. The van der Waals surface area contributed by atoms with Crippen molar-refractivity contribution in [1.82, 2.24) is 4.98 Å². The number of alkyl halides is 3. The van der Waals surface area contributed by atoms with Crippen LogP contribution in [0.2, 0.25) is 0 Å². The van der Waals surface area contributed by atoms with Gasteiger partial charge in [0.2, 0.25) is 0 Å². The second-order valence-electron chi connectivity index (χ2n) is 5.20. The fourth-order valence-corrected chi connectivity index (χ4v) is 2.75. The molecule has 0 radical (unpaired) electrons. The third-order valence-corrected chi connectivity index (χ3v) is 3.91. The van der Waals surface area contributed by atoms with E-state index < -0.39 is 12.7 Å². The molecule has 1 aromatic carbocycles. The van der Waals surface area contributed by atoms with Crippen LogP contribution < -0.4 is 10.6 Å². The molecule has 0 bridgehead atoms. The van der Waals surface area contributed by atoms with Gasteiger partial charge in [0.25, 0.3) is 0 Å². The normalized spacial score (nSPS) is 15.4. The minimum absolute atomic E-state index is 0.0658. The predicted octanol–water partition coefficient (Wildman–Crippen LogP) is 4.11. The summed E-state index contributed by atoms with van der Waals surface area (Å²) in [6, 6.07) is 4.98. The zero-order valence-corrected chi connectivity index (χ0v) is 12.6. The lowest BCUT2D eigenvalue weighted by Crippen LogP contribution is -2.36. The third-order valence-electron chi connectivity index (χ3n) is 3.48. The summed E-state index contributed by atoms with van der Waals surface area (Å²) in [5.41, 5.74) is 7.42. The van der Waals surface area contributed by atoms with Crippen LogP contribution in [0.3, 0.4) is 0 Å². The number of anilines is 2. The summed E-state index contributed by atoms with van der Waals surface area (Å²) in [4.78, 5) is 5.66. The lowest BCUT2D eigenvalue weighted by molar-refractivity contribution is -0.119. The number of halogens is 4.